The molecular formula is C9H7BrN4S. The van der Waals surface area contributed by atoms with Gasteiger partial charge in [0.05, 0.1) is 4.47 Å². The van der Waals surface area contributed by atoms with Gasteiger partial charge < -0.3 is 0 Å². The monoisotopic (exact) mass is 282 g/mol. The number of rotatable bonds is 2. The Kier molecular flexibility index (Phi) is 3.27. The first-order valence-electron chi connectivity index (χ1n) is 4.19. The van der Waals surface area contributed by atoms with E-state index in [1.807, 2.05) is 13.0 Å². The highest BCUT2D eigenvalue weighted by atomic mass is 79.9. The minimum absolute atomic E-state index is 0.642. The van der Waals surface area contributed by atoms with E-state index in [0.717, 1.165) is 10.2 Å². The first kappa shape index (κ1) is 10.5. The zero-order valence-corrected chi connectivity index (χ0v) is 10.3. The van der Waals surface area contributed by atoms with Crippen LogP contribution in [0.5, 0.6) is 0 Å². The van der Waals surface area contributed by atoms with Gasteiger partial charge in [-0.1, -0.05) is 0 Å². The largest absolute Gasteiger partial charge is 0.231 e. The van der Waals surface area contributed by atoms with Crippen molar-refractivity contribution < 1.29 is 0 Å². The van der Waals surface area contributed by atoms with Crippen LogP contribution in [-0.4, -0.2) is 19.9 Å². The predicted octanol–water partition coefficient (Wildman–Crippen LogP) is 2.49. The van der Waals surface area contributed by atoms with Gasteiger partial charge in [0, 0.05) is 24.3 Å². The number of hydrogen-bond donors (Lipinski definition) is 0. The van der Waals surface area contributed by atoms with E-state index < -0.39 is 0 Å². The third-order valence-corrected chi connectivity index (χ3v) is 2.73. The summed E-state index contributed by atoms with van der Waals surface area (Å²) in [5.41, 5.74) is 0.935. The number of hydrogen-bond acceptors (Lipinski definition) is 5. The molecule has 0 saturated heterocycles. The van der Waals surface area contributed by atoms with E-state index in [4.69, 9.17) is 0 Å². The Bertz CT molecular complexity index is 460. The quantitative estimate of drug-likeness (QED) is 0.792. The molecule has 6 heteroatoms. The van der Waals surface area contributed by atoms with Crippen molar-refractivity contribution in [3.63, 3.8) is 0 Å². The fourth-order valence-corrected chi connectivity index (χ4v) is 1.79. The van der Waals surface area contributed by atoms with Gasteiger partial charge in [0.1, 0.15) is 0 Å². The van der Waals surface area contributed by atoms with Gasteiger partial charge in [-0.3, -0.25) is 0 Å². The van der Waals surface area contributed by atoms with Crippen LogP contribution in [0, 0.1) is 6.92 Å². The minimum Gasteiger partial charge on any atom is -0.231 e. The van der Waals surface area contributed by atoms with E-state index in [1.165, 1.54) is 11.8 Å². The molecule has 15 heavy (non-hydrogen) atoms. The first-order chi connectivity index (χ1) is 7.24. The summed E-state index contributed by atoms with van der Waals surface area (Å²) in [5, 5.41) is 1.31. The van der Waals surface area contributed by atoms with Crippen LogP contribution in [0.1, 0.15) is 5.69 Å². The highest BCUT2D eigenvalue weighted by Crippen LogP contribution is 2.20. The molecule has 76 valence electrons. The Hall–Kier alpha value is -1.01. The average Bonchev–Trinajstić information content (AvgIpc) is 2.22. The molecule has 2 aromatic rings. The van der Waals surface area contributed by atoms with Gasteiger partial charge in [0.15, 0.2) is 10.3 Å². The van der Waals surface area contributed by atoms with Crippen LogP contribution in [0.3, 0.4) is 0 Å². The molecule has 2 heterocycles. The van der Waals surface area contributed by atoms with Crippen LogP contribution in [0.4, 0.5) is 0 Å². The number of halogens is 1. The highest BCUT2D eigenvalue weighted by molar-refractivity contribution is 9.10. The minimum atomic E-state index is 0.642. The summed E-state index contributed by atoms with van der Waals surface area (Å²) < 4.78 is 0.858. The van der Waals surface area contributed by atoms with E-state index in [-0.39, 0.29) is 0 Å². The lowest BCUT2D eigenvalue weighted by molar-refractivity contribution is 0.905. The van der Waals surface area contributed by atoms with Crippen molar-refractivity contribution in [2.45, 2.75) is 17.2 Å². The molecule has 0 aromatic carbocycles. The third-order valence-electron chi connectivity index (χ3n) is 1.55. The second kappa shape index (κ2) is 4.67. The van der Waals surface area contributed by atoms with Crippen molar-refractivity contribution in [3.8, 4) is 0 Å². The van der Waals surface area contributed by atoms with Crippen LogP contribution in [0.15, 0.2) is 39.4 Å². The lowest BCUT2D eigenvalue weighted by Crippen LogP contribution is -1.90. The van der Waals surface area contributed by atoms with Gasteiger partial charge in [-0.25, -0.2) is 19.9 Å². The van der Waals surface area contributed by atoms with Gasteiger partial charge >= 0.3 is 0 Å². The second-order valence-electron chi connectivity index (χ2n) is 2.77. The smallest absolute Gasteiger partial charge is 0.195 e. The van der Waals surface area contributed by atoms with Gasteiger partial charge in [-0.05, 0) is 40.7 Å². The van der Waals surface area contributed by atoms with E-state index >= 15 is 0 Å². The lowest BCUT2D eigenvalue weighted by Gasteiger charge is -1.98. The molecule has 0 saturated carbocycles. The van der Waals surface area contributed by atoms with Gasteiger partial charge in [-0.15, -0.1) is 0 Å². The molecule has 0 N–H and O–H groups in total. The Morgan fingerprint density at radius 2 is 1.87 bits per heavy atom. The molecule has 4 nitrogen and oxygen atoms in total. The molecule has 2 rings (SSSR count). The average molecular weight is 283 g/mol. The van der Waals surface area contributed by atoms with E-state index in [9.17, 15) is 0 Å². The van der Waals surface area contributed by atoms with Crippen molar-refractivity contribution in [2.75, 3.05) is 0 Å². The summed E-state index contributed by atoms with van der Waals surface area (Å²) in [4.78, 5) is 16.6. The van der Waals surface area contributed by atoms with Crippen LogP contribution >= 0.6 is 27.7 Å². The van der Waals surface area contributed by atoms with Gasteiger partial charge in [0.2, 0.25) is 0 Å². The standard InChI is InChI=1S/C9H7BrN4S/c1-6-2-3-11-9(14-6)15-8-12-4-7(10)5-13-8/h2-5H,1H3. The van der Waals surface area contributed by atoms with Crippen molar-refractivity contribution in [1.82, 2.24) is 19.9 Å². The van der Waals surface area contributed by atoms with Crippen LogP contribution in [-0.2, 0) is 0 Å². The molecule has 0 atom stereocenters. The fourth-order valence-electron chi connectivity index (χ4n) is 0.910. The van der Waals surface area contributed by atoms with Crippen LogP contribution in [0.2, 0.25) is 0 Å². The summed E-state index contributed by atoms with van der Waals surface area (Å²) in [6, 6.07) is 1.85. The third kappa shape index (κ3) is 2.97. The molecular weight excluding hydrogens is 276 g/mol. The van der Waals surface area contributed by atoms with Crippen LogP contribution < -0.4 is 0 Å². The summed E-state index contributed by atoms with van der Waals surface area (Å²) >= 11 is 4.62. The lowest BCUT2D eigenvalue weighted by atomic mass is 10.5. The molecule has 0 spiro atoms. The number of nitrogens with zero attached hydrogens (tertiary/aromatic N) is 4. The Balaban J connectivity index is 2.18. The zero-order valence-electron chi connectivity index (χ0n) is 7.88. The molecule has 2 aromatic heterocycles. The Morgan fingerprint density at radius 1 is 1.13 bits per heavy atom. The van der Waals surface area contributed by atoms with Crippen molar-refractivity contribution in [2.24, 2.45) is 0 Å². The second-order valence-corrected chi connectivity index (χ2v) is 4.62. The molecule has 0 aliphatic rings. The van der Waals surface area contributed by atoms with E-state index in [2.05, 4.69) is 35.9 Å². The maximum Gasteiger partial charge on any atom is 0.195 e. The SMILES string of the molecule is Cc1ccnc(Sc2ncc(Br)cn2)n1. The van der Waals surface area contributed by atoms with Gasteiger partial charge in [-0.2, -0.15) is 0 Å². The molecule has 0 bridgehead atoms. The maximum absolute atomic E-state index is 4.25. The van der Waals surface area contributed by atoms with Crippen molar-refractivity contribution >= 4 is 27.7 Å². The normalized spacial score (nSPS) is 10.3. The van der Waals surface area contributed by atoms with Crippen molar-refractivity contribution in [1.29, 1.82) is 0 Å². The first-order valence-corrected chi connectivity index (χ1v) is 5.80. The molecule has 0 aliphatic heterocycles. The maximum atomic E-state index is 4.25. The van der Waals surface area contributed by atoms with Crippen LogP contribution in [0.25, 0.3) is 0 Å². The summed E-state index contributed by atoms with van der Waals surface area (Å²) in [5.74, 6) is 0. The van der Waals surface area contributed by atoms with E-state index in [0.29, 0.717) is 10.3 Å². The molecule has 0 amide bonds. The molecule has 0 radical (unpaired) electrons. The summed E-state index contributed by atoms with van der Waals surface area (Å²) in [7, 11) is 0. The zero-order chi connectivity index (χ0) is 10.7. The summed E-state index contributed by atoms with van der Waals surface area (Å²) in [6.45, 7) is 1.92. The summed E-state index contributed by atoms with van der Waals surface area (Å²) in [6.07, 6.45) is 5.12. The Labute approximate surface area is 99.7 Å². The molecule has 0 unspecified atom stereocenters. The molecule has 0 fully saturated rings. The number of aryl methyl sites for hydroxylation is 1. The fraction of sp³-hybridized carbons (Fsp3) is 0.111. The molecule has 0 aliphatic carbocycles. The topological polar surface area (TPSA) is 51.6 Å². The van der Waals surface area contributed by atoms with E-state index in [1.54, 1.807) is 18.6 Å². The predicted molar refractivity (Wildman–Crippen MR) is 60.6 cm³/mol. The highest BCUT2D eigenvalue weighted by Gasteiger charge is 2.02. The number of aromatic nitrogens is 4. The Morgan fingerprint density at radius 3 is 2.53 bits per heavy atom. The van der Waals surface area contributed by atoms with Gasteiger partial charge in [0.25, 0.3) is 0 Å². The van der Waals surface area contributed by atoms with Crippen molar-refractivity contribution in [3.05, 3.63) is 34.8 Å².